The van der Waals surface area contributed by atoms with Crippen molar-refractivity contribution in [1.29, 1.82) is 0 Å². The Morgan fingerprint density at radius 1 is 1.13 bits per heavy atom. The van der Waals surface area contributed by atoms with E-state index in [1.54, 1.807) is 4.90 Å². The van der Waals surface area contributed by atoms with Gasteiger partial charge in [-0.15, -0.1) is 0 Å². The van der Waals surface area contributed by atoms with E-state index < -0.39 is 0 Å². The molecule has 1 aliphatic heterocycles. The molecule has 1 amide bonds. The number of aliphatic hydroxyl groups is 1. The minimum atomic E-state index is 0.0629. The van der Waals surface area contributed by atoms with E-state index >= 15 is 0 Å². The van der Waals surface area contributed by atoms with E-state index in [-0.39, 0.29) is 18.4 Å². The summed E-state index contributed by atoms with van der Waals surface area (Å²) < 4.78 is 0. The SMILES string of the molecule is CC.Cc1ccc2c(c1)CN(c1ccc(C(C)CO)cc1)C2=O. The van der Waals surface area contributed by atoms with Crippen molar-refractivity contribution in [3.8, 4) is 0 Å². The van der Waals surface area contributed by atoms with Gasteiger partial charge in [0.25, 0.3) is 5.91 Å². The van der Waals surface area contributed by atoms with Gasteiger partial charge in [-0.2, -0.15) is 0 Å². The molecule has 0 radical (unpaired) electrons. The van der Waals surface area contributed by atoms with Crippen molar-refractivity contribution in [1.82, 2.24) is 0 Å². The maximum Gasteiger partial charge on any atom is 0.258 e. The number of anilines is 1. The summed E-state index contributed by atoms with van der Waals surface area (Å²) in [5, 5.41) is 9.19. The van der Waals surface area contributed by atoms with E-state index in [0.29, 0.717) is 6.54 Å². The third kappa shape index (κ3) is 3.45. The quantitative estimate of drug-likeness (QED) is 0.919. The maximum absolute atomic E-state index is 12.5. The van der Waals surface area contributed by atoms with E-state index in [9.17, 15) is 9.90 Å². The van der Waals surface area contributed by atoms with Gasteiger partial charge in [0.2, 0.25) is 0 Å². The molecule has 0 aromatic heterocycles. The van der Waals surface area contributed by atoms with Crippen LogP contribution in [0.15, 0.2) is 42.5 Å². The molecule has 3 heteroatoms. The second-order valence-corrected chi connectivity index (χ2v) is 5.73. The van der Waals surface area contributed by atoms with Gasteiger partial charge in [0.05, 0.1) is 6.54 Å². The molecular weight excluding hydrogens is 286 g/mol. The molecule has 1 atom stereocenters. The smallest absolute Gasteiger partial charge is 0.258 e. The molecule has 1 N–H and O–H groups in total. The van der Waals surface area contributed by atoms with Crippen molar-refractivity contribution in [2.24, 2.45) is 0 Å². The summed E-state index contributed by atoms with van der Waals surface area (Å²) in [4.78, 5) is 14.3. The molecule has 1 heterocycles. The summed E-state index contributed by atoms with van der Waals surface area (Å²) in [6.07, 6.45) is 0. The average Bonchev–Trinajstić information content (AvgIpc) is 2.92. The number of rotatable bonds is 3. The first-order chi connectivity index (χ1) is 11.1. The van der Waals surface area contributed by atoms with Crippen LogP contribution in [0.5, 0.6) is 0 Å². The topological polar surface area (TPSA) is 40.5 Å². The number of carbonyl (C=O) groups excluding carboxylic acids is 1. The highest BCUT2D eigenvalue weighted by molar-refractivity contribution is 6.10. The fourth-order valence-electron chi connectivity index (χ4n) is 2.75. The van der Waals surface area contributed by atoms with Gasteiger partial charge < -0.3 is 10.0 Å². The van der Waals surface area contributed by atoms with Gasteiger partial charge in [0.1, 0.15) is 0 Å². The lowest BCUT2D eigenvalue weighted by Crippen LogP contribution is -2.22. The first-order valence-electron chi connectivity index (χ1n) is 8.22. The predicted molar refractivity (Wildman–Crippen MR) is 95.0 cm³/mol. The predicted octanol–water partition coefficient (Wildman–Crippen LogP) is 4.28. The fraction of sp³-hybridized carbons (Fsp3) is 0.350. The van der Waals surface area contributed by atoms with Gasteiger partial charge >= 0.3 is 0 Å². The molecule has 0 saturated heterocycles. The van der Waals surface area contributed by atoms with Crippen molar-refractivity contribution in [2.75, 3.05) is 11.5 Å². The minimum absolute atomic E-state index is 0.0629. The summed E-state index contributed by atoms with van der Waals surface area (Å²) in [7, 11) is 0. The highest BCUT2D eigenvalue weighted by atomic mass is 16.3. The van der Waals surface area contributed by atoms with E-state index in [1.807, 2.05) is 64.1 Å². The van der Waals surface area contributed by atoms with Crippen molar-refractivity contribution in [3.63, 3.8) is 0 Å². The normalized spacial score (nSPS) is 14.1. The number of hydrogen-bond donors (Lipinski definition) is 1. The van der Waals surface area contributed by atoms with Crippen LogP contribution in [0.2, 0.25) is 0 Å². The molecule has 23 heavy (non-hydrogen) atoms. The molecule has 3 rings (SSSR count). The van der Waals surface area contributed by atoms with Crippen LogP contribution in [-0.2, 0) is 6.54 Å². The molecule has 0 saturated carbocycles. The van der Waals surface area contributed by atoms with Crippen LogP contribution in [0.3, 0.4) is 0 Å². The third-order valence-electron chi connectivity index (χ3n) is 4.11. The number of carbonyl (C=O) groups is 1. The van der Waals surface area contributed by atoms with Crippen molar-refractivity contribution < 1.29 is 9.90 Å². The standard InChI is InChI=1S/C18H19NO2.C2H6/c1-12-3-8-17-15(9-12)10-19(18(17)21)16-6-4-14(5-7-16)13(2)11-20;1-2/h3-9,13,20H,10-11H2,1-2H3;1-2H3. The number of aryl methyl sites for hydroxylation is 1. The highest BCUT2D eigenvalue weighted by Crippen LogP contribution is 2.29. The molecule has 0 bridgehead atoms. The molecular formula is C20H25NO2. The van der Waals surface area contributed by atoms with Gasteiger partial charge in [-0.1, -0.05) is 50.6 Å². The second-order valence-electron chi connectivity index (χ2n) is 5.73. The molecule has 1 unspecified atom stereocenters. The number of fused-ring (bicyclic) bond motifs is 1. The first-order valence-corrected chi connectivity index (χ1v) is 8.22. The second kappa shape index (κ2) is 7.42. The Morgan fingerprint density at radius 3 is 2.39 bits per heavy atom. The molecule has 0 spiro atoms. The van der Waals surface area contributed by atoms with Gasteiger partial charge in [-0.25, -0.2) is 0 Å². The van der Waals surface area contributed by atoms with Crippen LogP contribution in [0.1, 0.15) is 53.7 Å². The molecule has 2 aromatic rings. The Kier molecular flexibility index (Phi) is 5.56. The van der Waals surface area contributed by atoms with Gasteiger partial charge in [-0.05, 0) is 36.2 Å². The Morgan fingerprint density at radius 2 is 1.78 bits per heavy atom. The summed E-state index contributed by atoms with van der Waals surface area (Å²) in [5.74, 6) is 0.182. The minimum Gasteiger partial charge on any atom is -0.396 e. The largest absolute Gasteiger partial charge is 0.396 e. The highest BCUT2D eigenvalue weighted by Gasteiger charge is 2.28. The maximum atomic E-state index is 12.5. The van der Waals surface area contributed by atoms with Crippen molar-refractivity contribution >= 4 is 11.6 Å². The first kappa shape index (κ1) is 17.2. The van der Waals surface area contributed by atoms with E-state index in [0.717, 1.165) is 22.4 Å². The monoisotopic (exact) mass is 311 g/mol. The fourth-order valence-corrected chi connectivity index (χ4v) is 2.75. The van der Waals surface area contributed by atoms with Crippen LogP contribution in [-0.4, -0.2) is 17.6 Å². The summed E-state index contributed by atoms with van der Waals surface area (Å²) >= 11 is 0. The zero-order chi connectivity index (χ0) is 17.0. The number of benzene rings is 2. The van der Waals surface area contributed by atoms with Crippen LogP contribution >= 0.6 is 0 Å². The van der Waals surface area contributed by atoms with Crippen molar-refractivity contribution in [2.45, 2.75) is 40.2 Å². The summed E-state index contributed by atoms with van der Waals surface area (Å²) in [6, 6.07) is 13.8. The summed E-state index contributed by atoms with van der Waals surface area (Å²) in [5.41, 5.74) is 5.06. The zero-order valence-electron chi connectivity index (χ0n) is 14.3. The van der Waals surface area contributed by atoms with E-state index in [4.69, 9.17) is 0 Å². The number of aliphatic hydroxyl groups excluding tert-OH is 1. The van der Waals surface area contributed by atoms with Crippen LogP contribution in [0.25, 0.3) is 0 Å². The zero-order valence-corrected chi connectivity index (χ0v) is 14.3. The van der Waals surface area contributed by atoms with Gasteiger partial charge in [0.15, 0.2) is 0 Å². The summed E-state index contributed by atoms with van der Waals surface area (Å²) in [6.45, 7) is 8.78. The number of nitrogens with zero attached hydrogens (tertiary/aromatic N) is 1. The molecule has 3 nitrogen and oxygen atoms in total. The molecule has 2 aromatic carbocycles. The average molecular weight is 311 g/mol. The van der Waals surface area contributed by atoms with Crippen LogP contribution in [0.4, 0.5) is 5.69 Å². The Balaban J connectivity index is 0.000000924. The molecule has 1 aliphatic rings. The van der Waals surface area contributed by atoms with Gasteiger partial charge in [-0.3, -0.25) is 4.79 Å². The Hall–Kier alpha value is -2.13. The van der Waals surface area contributed by atoms with Crippen LogP contribution in [0, 0.1) is 6.92 Å². The lowest BCUT2D eigenvalue weighted by molar-refractivity contribution is 0.0996. The van der Waals surface area contributed by atoms with Crippen molar-refractivity contribution in [3.05, 3.63) is 64.7 Å². The van der Waals surface area contributed by atoms with Gasteiger partial charge in [0, 0.05) is 23.8 Å². The lowest BCUT2D eigenvalue weighted by Gasteiger charge is -2.17. The van der Waals surface area contributed by atoms with E-state index in [2.05, 4.69) is 6.07 Å². The molecule has 122 valence electrons. The Labute approximate surface area is 138 Å². The molecule has 0 aliphatic carbocycles. The van der Waals surface area contributed by atoms with E-state index in [1.165, 1.54) is 5.56 Å². The number of hydrogen-bond acceptors (Lipinski definition) is 2. The third-order valence-corrected chi connectivity index (χ3v) is 4.11. The Bertz CT molecular complexity index is 677. The number of amides is 1. The van der Waals surface area contributed by atoms with Crippen LogP contribution < -0.4 is 4.90 Å². The lowest BCUT2D eigenvalue weighted by atomic mass is 10.0. The molecule has 0 fully saturated rings.